The molecule has 0 amide bonds. The quantitative estimate of drug-likeness (QED) is 0.255. The molecule has 6 heteroatoms. The zero-order valence-corrected chi connectivity index (χ0v) is 11.1. The third-order valence-corrected chi connectivity index (χ3v) is 2.62. The van der Waals surface area contributed by atoms with E-state index in [4.69, 9.17) is 17.4 Å². The van der Waals surface area contributed by atoms with Crippen molar-refractivity contribution in [1.29, 1.82) is 0 Å². The number of halogens is 2. The molecule has 1 aromatic carbocycles. The SMILES string of the molecule is CCN=C(NN)Nc1ccc(I)cc1Cl. The molecule has 4 N–H and O–H groups in total. The first-order chi connectivity index (χ1) is 7.17. The number of nitrogens with two attached hydrogens (primary N) is 1. The van der Waals surface area contributed by atoms with Gasteiger partial charge in [0.15, 0.2) is 0 Å². The second-order valence-corrected chi connectivity index (χ2v) is 4.37. The van der Waals surface area contributed by atoms with Crippen molar-refractivity contribution < 1.29 is 0 Å². The molecule has 0 spiro atoms. The smallest absolute Gasteiger partial charge is 0.210 e. The monoisotopic (exact) mass is 338 g/mol. The van der Waals surface area contributed by atoms with Gasteiger partial charge in [-0.1, -0.05) is 11.6 Å². The van der Waals surface area contributed by atoms with E-state index in [0.717, 1.165) is 9.26 Å². The van der Waals surface area contributed by atoms with Crippen molar-refractivity contribution in [3.8, 4) is 0 Å². The predicted octanol–water partition coefficient (Wildman–Crippen LogP) is 2.20. The summed E-state index contributed by atoms with van der Waals surface area (Å²) in [5, 5.41) is 3.64. The maximum Gasteiger partial charge on any atom is 0.210 e. The molecule has 82 valence electrons. The van der Waals surface area contributed by atoms with Crippen LogP contribution < -0.4 is 16.6 Å². The average Bonchev–Trinajstić information content (AvgIpc) is 2.21. The highest BCUT2D eigenvalue weighted by Gasteiger charge is 2.02. The summed E-state index contributed by atoms with van der Waals surface area (Å²) < 4.78 is 1.08. The van der Waals surface area contributed by atoms with Crippen LogP contribution >= 0.6 is 34.2 Å². The van der Waals surface area contributed by atoms with Gasteiger partial charge < -0.3 is 5.32 Å². The molecular formula is C9H12ClIN4. The van der Waals surface area contributed by atoms with Crippen LogP contribution in [0.15, 0.2) is 23.2 Å². The number of hydrogen-bond donors (Lipinski definition) is 3. The van der Waals surface area contributed by atoms with Crippen molar-refractivity contribution in [2.45, 2.75) is 6.92 Å². The molecule has 0 bridgehead atoms. The number of benzene rings is 1. The zero-order chi connectivity index (χ0) is 11.3. The lowest BCUT2D eigenvalue weighted by Crippen LogP contribution is -2.36. The van der Waals surface area contributed by atoms with Gasteiger partial charge in [0, 0.05) is 10.1 Å². The highest BCUT2D eigenvalue weighted by Crippen LogP contribution is 2.23. The van der Waals surface area contributed by atoms with E-state index in [1.165, 1.54) is 0 Å². The summed E-state index contributed by atoms with van der Waals surface area (Å²) in [5.74, 6) is 5.80. The Kier molecular flexibility index (Phi) is 5.13. The third kappa shape index (κ3) is 3.84. The number of hydrogen-bond acceptors (Lipinski definition) is 2. The minimum atomic E-state index is 0.501. The molecule has 0 saturated carbocycles. The van der Waals surface area contributed by atoms with Crippen molar-refractivity contribution in [2.75, 3.05) is 11.9 Å². The van der Waals surface area contributed by atoms with Crippen molar-refractivity contribution in [2.24, 2.45) is 10.8 Å². The summed E-state index contributed by atoms with van der Waals surface area (Å²) in [7, 11) is 0. The van der Waals surface area contributed by atoms with Crippen LogP contribution in [-0.2, 0) is 0 Å². The van der Waals surface area contributed by atoms with Gasteiger partial charge in [-0.2, -0.15) is 0 Å². The van der Waals surface area contributed by atoms with Crippen LogP contribution in [0.1, 0.15) is 6.92 Å². The molecule has 0 fully saturated rings. The molecule has 4 nitrogen and oxygen atoms in total. The van der Waals surface area contributed by atoms with Gasteiger partial charge in [0.2, 0.25) is 5.96 Å². The molecule has 0 aliphatic heterocycles. The van der Waals surface area contributed by atoms with E-state index in [1.807, 2.05) is 25.1 Å². The van der Waals surface area contributed by atoms with Crippen molar-refractivity contribution in [3.63, 3.8) is 0 Å². The molecule has 0 saturated heterocycles. The van der Waals surface area contributed by atoms with Crippen LogP contribution in [0, 0.1) is 3.57 Å². The fourth-order valence-electron chi connectivity index (χ4n) is 0.998. The van der Waals surface area contributed by atoms with Crippen molar-refractivity contribution in [3.05, 3.63) is 26.8 Å². The summed E-state index contributed by atoms with van der Waals surface area (Å²) in [6.45, 7) is 2.57. The summed E-state index contributed by atoms with van der Waals surface area (Å²) >= 11 is 8.24. The zero-order valence-electron chi connectivity index (χ0n) is 8.22. The predicted molar refractivity (Wildman–Crippen MR) is 73.1 cm³/mol. The van der Waals surface area contributed by atoms with Gasteiger partial charge >= 0.3 is 0 Å². The van der Waals surface area contributed by atoms with Gasteiger partial charge in [0.1, 0.15) is 0 Å². The van der Waals surface area contributed by atoms with E-state index in [2.05, 4.69) is 38.3 Å². The number of nitrogens with one attached hydrogen (secondary N) is 2. The molecule has 0 heterocycles. The number of guanidine groups is 1. The lowest BCUT2D eigenvalue weighted by atomic mass is 10.3. The van der Waals surface area contributed by atoms with E-state index in [0.29, 0.717) is 17.5 Å². The van der Waals surface area contributed by atoms with Crippen LogP contribution in [0.25, 0.3) is 0 Å². The summed E-state index contributed by atoms with van der Waals surface area (Å²) in [6.07, 6.45) is 0. The van der Waals surface area contributed by atoms with Crippen molar-refractivity contribution in [1.82, 2.24) is 5.43 Å². The topological polar surface area (TPSA) is 62.4 Å². The Balaban J connectivity index is 2.84. The Morgan fingerprint density at radius 2 is 2.33 bits per heavy atom. The molecule has 0 aliphatic carbocycles. The number of hydrazine groups is 1. The molecule has 0 atom stereocenters. The molecular weight excluding hydrogens is 326 g/mol. The Bertz CT molecular complexity index is 367. The van der Waals surface area contributed by atoms with Crippen LogP contribution in [0.3, 0.4) is 0 Å². The maximum absolute atomic E-state index is 6.04. The average molecular weight is 339 g/mol. The molecule has 1 rings (SSSR count). The molecule has 1 aromatic rings. The van der Waals surface area contributed by atoms with Gasteiger partial charge in [-0.3, -0.25) is 10.4 Å². The maximum atomic E-state index is 6.04. The van der Waals surface area contributed by atoms with Gasteiger partial charge in [-0.15, -0.1) is 0 Å². The molecule has 0 unspecified atom stereocenters. The fourth-order valence-corrected chi connectivity index (χ4v) is 1.90. The van der Waals surface area contributed by atoms with Crippen LogP contribution in [0.5, 0.6) is 0 Å². The highest BCUT2D eigenvalue weighted by molar-refractivity contribution is 14.1. The van der Waals surface area contributed by atoms with Crippen molar-refractivity contribution >= 4 is 45.8 Å². The lowest BCUT2D eigenvalue weighted by Gasteiger charge is -2.10. The Morgan fingerprint density at radius 3 is 2.87 bits per heavy atom. The Hall–Kier alpha value is -0.530. The number of rotatable bonds is 2. The molecule has 0 aliphatic rings. The van der Waals surface area contributed by atoms with E-state index in [1.54, 1.807) is 0 Å². The molecule has 0 radical (unpaired) electrons. The standard InChI is InChI=1S/C9H12ClIN4/c1-2-13-9(15-12)14-8-4-3-6(11)5-7(8)10/h3-5H,2,12H2,1H3,(H2,13,14,15). The fraction of sp³-hybridized carbons (Fsp3) is 0.222. The minimum Gasteiger partial charge on any atom is -0.324 e. The largest absolute Gasteiger partial charge is 0.324 e. The summed E-state index contributed by atoms with van der Waals surface area (Å²) in [5.41, 5.74) is 3.25. The van der Waals surface area contributed by atoms with Gasteiger partial charge in [0.05, 0.1) is 10.7 Å². The van der Waals surface area contributed by atoms with Gasteiger partial charge in [0.25, 0.3) is 0 Å². The summed E-state index contributed by atoms with van der Waals surface area (Å²) in [4.78, 5) is 4.11. The van der Waals surface area contributed by atoms with E-state index in [-0.39, 0.29) is 0 Å². The second-order valence-electron chi connectivity index (χ2n) is 2.72. The van der Waals surface area contributed by atoms with Gasteiger partial charge in [-0.05, 0) is 47.7 Å². The minimum absolute atomic E-state index is 0.501. The first kappa shape index (κ1) is 12.5. The number of nitrogens with zero attached hydrogens (tertiary/aromatic N) is 1. The second kappa shape index (κ2) is 6.14. The van der Waals surface area contributed by atoms with Gasteiger partial charge in [-0.25, -0.2) is 5.84 Å². The van der Waals surface area contributed by atoms with Crippen LogP contribution in [0.2, 0.25) is 5.02 Å². The Morgan fingerprint density at radius 1 is 1.60 bits per heavy atom. The van der Waals surface area contributed by atoms with Crippen LogP contribution in [0.4, 0.5) is 5.69 Å². The summed E-state index contributed by atoms with van der Waals surface area (Å²) in [6, 6.07) is 5.70. The van der Waals surface area contributed by atoms with E-state index < -0.39 is 0 Å². The number of anilines is 1. The highest BCUT2D eigenvalue weighted by atomic mass is 127. The molecule has 0 aromatic heterocycles. The third-order valence-electron chi connectivity index (χ3n) is 1.64. The lowest BCUT2D eigenvalue weighted by molar-refractivity contribution is 0.986. The number of aliphatic imine (C=N–C) groups is 1. The first-order valence-corrected chi connectivity index (χ1v) is 5.86. The Labute approximate surface area is 107 Å². The molecule has 15 heavy (non-hydrogen) atoms. The first-order valence-electron chi connectivity index (χ1n) is 4.40. The van der Waals surface area contributed by atoms with E-state index >= 15 is 0 Å². The van der Waals surface area contributed by atoms with E-state index in [9.17, 15) is 0 Å². The van der Waals surface area contributed by atoms with Crippen LogP contribution in [-0.4, -0.2) is 12.5 Å². The normalized spacial score (nSPS) is 11.3.